The zero-order valence-corrected chi connectivity index (χ0v) is 17.5. The van der Waals surface area contributed by atoms with Crippen molar-refractivity contribution in [2.75, 3.05) is 7.11 Å². The normalized spacial score (nSPS) is 10.5. The van der Waals surface area contributed by atoms with E-state index in [1.165, 1.54) is 55.6 Å². The molecule has 12 heteroatoms. The van der Waals surface area contributed by atoms with Gasteiger partial charge in [-0.3, -0.25) is 25.0 Å². The number of nitrogens with zero attached hydrogens (tertiary/aromatic N) is 3. The van der Waals surface area contributed by atoms with Gasteiger partial charge in [-0.1, -0.05) is 6.07 Å². The number of methoxy groups -OCH3 is 1. The Balaban J connectivity index is 1.80. The fraction of sp³-hybridized carbons (Fsp3) is 0.0455. The first-order valence-corrected chi connectivity index (χ1v) is 9.51. The number of hydrogen-bond acceptors (Lipinski definition) is 9. The van der Waals surface area contributed by atoms with E-state index in [9.17, 15) is 29.8 Å². The van der Waals surface area contributed by atoms with Crippen LogP contribution in [0.2, 0.25) is 0 Å². The van der Waals surface area contributed by atoms with E-state index in [2.05, 4.69) is 10.5 Å². The van der Waals surface area contributed by atoms with E-state index in [1.54, 1.807) is 0 Å². The SMILES string of the molecule is COc1ccc(C(=O)Oc2c(/C=N/NC(=O)c3ccc([N+](=O)[O-])cc3)cccc2[N+](=O)[O-])cc1. The lowest BCUT2D eigenvalue weighted by atomic mass is 10.1. The topological polar surface area (TPSA) is 163 Å². The third kappa shape index (κ3) is 5.56. The molecular weight excluding hydrogens is 448 g/mol. The summed E-state index contributed by atoms with van der Waals surface area (Å²) in [7, 11) is 1.46. The van der Waals surface area contributed by atoms with Crippen LogP contribution in [-0.2, 0) is 0 Å². The molecule has 0 aliphatic carbocycles. The first-order chi connectivity index (χ1) is 16.3. The molecule has 0 unspecified atom stereocenters. The van der Waals surface area contributed by atoms with Crippen molar-refractivity contribution in [3.63, 3.8) is 0 Å². The third-order valence-corrected chi connectivity index (χ3v) is 4.45. The molecule has 0 aliphatic heterocycles. The van der Waals surface area contributed by atoms with Crippen molar-refractivity contribution < 1.29 is 28.9 Å². The first kappa shape index (κ1) is 23.5. The quantitative estimate of drug-likeness (QED) is 0.174. The Morgan fingerprint density at radius 1 is 0.912 bits per heavy atom. The van der Waals surface area contributed by atoms with Crippen LogP contribution in [0.25, 0.3) is 0 Å². The number of nitrogens with one attached hydrogen (secondary N) is 1. The van der Waals surface area contributed by atoms with E-state index in [0.29, 0.717) is 5.75 Å². The van der Waals surface area contributed by atoms with Crippen LogP contribution in [0.4, 0.5) is 11.4 Å². The van der Waals surface area contributed by atoms with E-state index in [4.69, 9.17) is 9.47 Å². The summed E-state index contributed by atoms with van der Waals surface area (Å²) in [6.07, 6.45) is 1.08. The van der Waals surface area contributed by atoms with Gasteiger partial charge in [0.25, 0.3) is 11.6 Å². The molecule has 0 saturated carbocycles. The molecule has 1 amide bonds. The molecule has 0 spiro atoms. The predicted molar refractivity (Wildman–Crippen MR) is 119 cm³/mol. The van der Waals surface area contributed by atoms with Crippen molar-refractivity contribution in [1.82, 2.24) is 5.43 Å². The summed E-state index contributed by atoms with van der Waals surface area (Å²) in [5.74, 6) is -1.37. The number of rotatable bonds is 8. The minimum atomic E-state index is -0.846. The Morgan fingerprint density at radius 3 is 2.15 bits per heavy atom. The number of nitro groups is 2. The van der Waals surface area contributed by atoms with Gasteiger partial charge in [0.1, 0.15) is 5.75 Å². The summed E-state index contributed by atoms with van der Waals surface area (Å²) in [6, 6.07) is 14.7. The molecule has 172 valence electrons. The maximum Gasteiger partial charge on any atom is 0.343 e. The number of ether oxygens (including phenoxy) is 2. The molecule has 0 heterocycles. The zero-order chi connectivity index (χ0) is 24.7. The van der Waals surface area contributed by atoms with E-state index in [1.807, 2.05) is 0 Å². The average Bonchev–Trinajstić information content (AvgIpc) is 2.84. The van der Waals surface area contributed by atoms with Crippen molar-refractivity contribution in [3.05, 3.63) is 104 Å². The van der Waals surface area contributed by atoms with E-state index in [-0.39, 0.29) is 28.1 Å². The number of hydrogen-bond donors (Lipinski definition) is 1. The number of nitro benzene ring substituents is 2. The summed E-state index contributed by atoms with van der Waals surface area (Å²) in [5.41, 5.74) is 1.84. The highest BCUT2D eigenvalue weighted by Gasteiger charge is 2.22. The Bertz CT molecular complexity index is 1270. The molecule has 0 saturated heterocycles. The lowest BCUT2D eigenvalue weighted by molar-refractivity contribution is -0.385. The van der Waals surface area contributed by atoms with Gasteiger partial charge in [0, 0.05) is 29.3 Å². The molecule has 0 atom stereocenters. The van der Waals surface area contributed by atoms with Gasteiger partial charge in [-0.15, -0.1) is 0 Å². The number of esters is 1. The molecule has 0 fully saturated rings. The summed E-state index contributed by atoms with van der Waals surface area (Å²) in [5, 5.41) is 25.9. The number of hydrazone groups is 1. The highest BCUT2D eigenvalue weighted by Crippen LogP contribution is 2.31. The lowest BCUT2D eigenvalue weighted by Gasteiger charge is -2.08. The van der Waals surface area contributed by atoms with Crippen LogP contribution in [0.1, 0.15) is 26.3 Å². The molecule has 0 radical (unpaired) electrons. The first-order valence-electron chi connectivity index (χ1n) is 9.51. The van der Waals surface area contributed by atoms with Gasteiger partial charge >= 0.3 is 11.7 Å². The molecule has 0 aliphatic rings. The lowest BCUT2D eigenvalue weighted by Crippen LogP contribution is -2.17. The molecule has 1 N–H and O–H groups in total. The van der Waals surface area contributed by atoms with Crippen molar-refractivity contribution >= 4 is 29.5 Å². The number of carbonyl (C=O) groups excluding carboxylic acids is 2. The molecule has 0 bridgehead atoms. The Labute approximate surface area is 191 Å². The monoisotopic (exact) mass is 464 g/mol. The number of benzene rings is 3. The van der Waals surface area contributed by atoms with Gasteiger partial charge in [-0.05, 0) is 42.5 Å². The summed E-state index contributed by atoms with van der Waals surface area (Å²) < 4.78 is 10.3. The van der Waals surface area contributed by atoms with Crippen LogP contribution in [-0.4, -0.2) is 35.0 Å². The van der Waals surface area contributed by atoms with Gasteiger partial charge in [0.2, 0.25) is 5.75 Å². The van der Waals surface area contributed by atoms with Crippen LogP contribution in [0.3, 0.4) is 0 Å². The summed E-state index contributed by atoms with van der Waals surface area (Å²) in [6.45, 7) is 0. The van der Waals surface area contributed by atoms with E-state index < -0.39 is 27.4 Å². The summed E-state index contributed by atoms with van der Waals surface area (Å²) in [4.78, 5) is 45.6. The van der Waals surface area contributed by atoms with Gasteiger partial charge in [-0.2, -0.15) is 5.10 Å². The van der Waals surface area contributed by atoms with E-state index >= 15 is 0 Å². The zero-order valence-electron chi connectivity index (χ0n) is 17.5. The molecular formula is C22H16N4O8. The Morgan fingerprint density at radius 2 is 1.56 bits per heavy atom. The van der Waals surface area contributed by atoms with Crippen LogP contribution in [0.5, 0.6) is 11.5 Å². The molecule has 34 heavy (non-hydrogen) atoms. The second kappa shape index (κ2) is 10.5. The predicted octanol–water partition coefficient (Wildman–Crippen LogP) is 3.49. The van der Waals surface area contributed by atoms with Crippen molar-refractivity contribution in [3.8, 4) is 11.5 Å². The molecule has 3 aromatic carbocycles. The molecule has 3 rings (SSSR count). The molecule has 3 aromatic rings. The fourth-order valence-electron chi connectivity index (χ4n) is 2.74. The summed E-state index contributed by atoms with van der Waals surface area (Å²) >= 11 is 0. The number of amides is 1. The fourth-order valence-corrected chi connectivity index (χ4v) is 2.74. The van der Waals surface area contributed by atoms with Crippen LogP contribution in [0.15, 0.2) is 71.8 Å². The van der Waals surface area contributed by atoms with Crippen LogP contribution >= 0.6 is 0 Å². The highest BCUT2D eigenvalue weighted by molar-refractivity contribution is 5.96. The second-order valence-corrected chi connectivity index (χ2v) is 6.57. The van der Waals surface area contributed by atoms with Gasteiger partial charge < -0.3 is 9.47 Å². The van der Waals surface area contributed by atoms with Crippen molar-refractivity contribution in [2.45, 2.75) is 0 Å². The third-order valence-electron chi connectivity index (χ3n) is 4.45. The second-order valence-electron chi connectivity index (χ2n) is 6.57. The maximum atomic E-state index is 12.5. The largest absolute Gasteiger partial charge is 0.497 e. The minimum absolute atomic E-state index is 0.0556. The minimum Gasteiger partial charge on any atom is -0.497 e. The number of non-ortho nitro benzene ring substituents is 1. The maximum absolute atomic E-state index is 12.5. The highest BCUT2D eigenvalue weighted by atomic mass is 16.6. The molecule has 0 aromatic heterocycles. The van der Waals surface area contributed by atoms with Crippen LogP contribution in [0, 0.1) is 20.2 Å². The van der Waals surface area contributed by atoms with E-state index in [0.717, 1.165) is 24.4 Å². The van der Waals surface area contributed by atoms with Gasteiger partial charge in [0.15, 0.2) is 0 Å². The van der Waals surface area contributed by atoms with Crippen molar-refractivity contribution in [2.24, 2.45) is 5.10 Å². The number of carbonyl (C=O) groups is 2. The van der Waals surface area contributed by atoms with Crippen LogP contribution < -0.4 is 14.9 Å². The van der Waals surface area contributed by atoms with Crippen molar-refractivity contribution in [1.29, 1.82) is 0 Å². The Hall–Kier alpha value is -5.13. The van der Waals surface area contributed by atoms with Gasteiger partial charge in [-0.25, -0.2) is 10.2 Å². The smallest absolute Gasteiger partial charge is 0.343 e. The standard InChI is InChI=1S/C22H16N4O8/c1-33-18-11-7-15(8-12-18)22(28)34-20-16(3-2-4-19(20)26(31)32)13-23-24-21(27)14-5-9-17(10-6-14)25(29)30/h2-13H,1H3,(H,24,27)/b23-13+. The van der Waals surface area contributed by atoms with Gasteiger partial charge in [0.05, 0.1) is 28.7 Å². The average molecular weight is 464 g/mol. The Kier molecular flexibility index (Phi) is 7.24. The molecule has 12 nitrogen and oxygen atoms in total. The number of para-hydroxylation sites is 1.